The Bertz CT molecular complexity index is 1300. The molecule has 0 radical (unpaired) electrons. The van der Waals surface area contributed by atoms with Gasteiger partial charge in [0.25, 0.3) is 5.89 Å². The van der Waals surface area contributed by atoms with Gasteiger partial charge in [0.2, 0.25) is 11.8 Å². The summed E-state index contributed by atoms with van der Waals surface area (Å²) in [6.07, 6.45) is -3.51. The molecule has 12 heteroatoms. The van der Waals surface area contributed by atoms with Crippen LogP contribution in [0.1, 0.15) is 38.7 Å². The number of alkyl halides is 2. The van der Waals surface area contributed by atoms with Crippen molar-refractivity contribution in [3.8, 4) is 11.5 Å². The van der Waals surface area contributed by atoms with E-state index in [9.17, 15) is 22.8 Å². The number of hydrogen-bond acceptors (Lipinski definition) is 6. The number of nitrogens with zero attached hydrogens (tertiary/aromatic N) is 4. The van der Waals surface area contributed by atoms with Crippen LogP contribution < -0.4 is 4.90 Å². The molecule has 0 N–H and O–H groups in total. The van der Waals surface area contributed by atoms with Crippen LogP contribution in [0.4, 0.5) is 28.0 Å². The van der Waals surface area contributed by atoms with Crippen LogP contribution >= 0.6 is 0 Å². The Labute approximate surface area is 209 Å². The number of carbonyl (C=O) groups is 2. The number of ether oxygens (including phenoxy) is 1. The first-order valence-corrected chi connectivity index (χ1v) is 11.4. The number of carbonyl (C=O) groups excluding carboxylic acids is 2. The third-order valence-electron chi connectivity index (χ3n) is 5.52. The Morgan fingerprint density at radius 3 is 2.46 bits per heavy atom. The molecule has 0 atom stereocenters. The molecular weight excluding hydrogens is 496 g/mol. The summed E-state index contributed by atoms with van der Waals surface area (Å²) in [7, 11) is 0. The zero-order valence-electron chi connectivity index (χ0n) is 20.3. The van der Waals surface area contributed by atoms with Crippen LogP contribution in [0.2, 0.25) is 0 Å². The van der Waals surface area contributed by atoms with Crippen LogP contribution in [0.5, 0.6) is 0 Å². The van der Waals surface area contributed by atoms with Gasteiger partial charge in [-0.15, -0.1) is 10.2 Å². The molecule has 196 valence electrons. The van der Waals surface area contributed by atoms with E-state index in [4.69, 9.17) is 9.15 Å². The Kier molecular flexibility index (Phi) is 7.19. The number of rotatable bonds is 6. The molecule has 3 aromatic rings. The number of benzene rings is 2. The molecule has 4 rings (SSSR count). The average Bonchev–Trinajstić information content (AvgIpc) is 3.26. The molecular formula is C25H24F4N4O4. The van der Waals surface area contributed by atoms with Gasteiger partial charge in [0.1, 0.15) is 17.2 Å². The van der Waals surface area contributed by atoms with Gasteiger partial charge in [-0.2, -0.15) is 8.78 Å². The fraction of sp³-hybridized carbons (Fsp3) is 0.360. The highest BCUT2D eigenvalue weighted by Crippen LogP contribution is 2.29. The SMILES string of the molecule is CC(C)(C)OC(=O)N1CC(C(=O)N(Cc2ccc(-c3nnc(C(F)F)o3)cc2F)c2cccc(F)c2)C1. The predicted molar refractivity (Wildman–Crippen MR) is 124 cm³/mol. The Balaban J connectivity index is 1.53. The maximum atomic E-state index is 15.0. The van der Waals surface area contributed by atoms with Gasteiger partial charge in [-0.3, -0.25) is 4.79 Å². The van der Waals surface area contributed by atoms with Crippen LogP contribution in [0, 0.1) is 17.6 Å². The predicted octanol–water partition coefficient (Wildman–Crippen LogP) is 5.35. The van der Waals surface area contributed by atoms with Crippen molar-refractivity contribution in [2.24, 2.45) is 5.92 Å². The molecule has 1 aromatic heterocycles. The summed E-state index contributed by atoms with van der Waals surface area (Å²) >= 11 is 0. The van der Waals surface area contributed by atoms with Gasteiger partial charge in [0, 0.05) is 29.9 Å². The van der Waals surface area contributed by atoms with Gasteiger partial charge in [-0.05, 0) is 51.1 Å². The van der Waals surface area contributed by atoms with Crippen molar-refractivity contribution in [2.75, 3.05) is 18.0 Å². The molecule has 2 aromatic carbocycles. The highest BCUT2D eigenvalue weighted by molar-refractivity contribution is 5.96. The molecule has 2 amide bonds. The number of likely N-dealkylation sites (tertiary alicyclic amines) is 1. The van der Waals surface area contributed by atoms with E-state index in [1.165, 1.54) is 40.1 Å². The number of anilines is 1. The van der Waals surface area contributed by atoms with Gasteiger partial charge in [-0.1, -0.05) is 12.1 Å². The summed E-state index contributed by atoms with van der Waals surface area (Å²) in [6.45, 7) is 5.15. The van der Waals surface area contributed by atoms with Gasteiger partial charge in [0.15, 0.2) is 0 Å². The molecule has 0 saturated carbocycles. The Morgan fingerprint density at radius 2 is 1.86 bits per heavy atom. The topological polar surface area (TPSA) is 88.8 Å². The molecule has 0 bridgehead atoms. The highest BCUT2D eigenvalue weighted by Gasteiger charge is 2.40. The minimum Gasteiger partial charge on any atom is -0.444 e. The lowest BCUT2D eigenvalue weighted by Crippen LogP contribution is -2.57. The van der Waals surface area contributed by atoms with Crippen LogP contribution in [-0.4, -0.2) is 45.8 Å². The van der Waals surface area contributed by atoms with Crippen LogP contribution in [0.15, 0.2) is 46.9 Å². The number of amides is 2. The average molecular weight is 520 g/mol. The standard InChI is InChI=1S/C25H24F4N4O4/c1-25(2,3)37-24(35)32-11-16(12-32)23(34)33(18-6-4-5-17(26)10-18)13-15-8-7-14(9-19(15)27)21-30-31-22(36-21)20(28)29/h4-10,16,20H,11-13H2,1-3H3. The lowest BCUT2D eigenvalue weighted by molar-refractivity contribution is -0.127. The quantitative estimate of drug-likeness (QED) is 0.407. The molecule has 1 aliphatic heterocycles. The van der Waals surface area contributed by atoms with Crippen LogP contribution in [0.25, 0.3) is 11.5 Å². The first-order chi connectivity index (χ1) is 17.4. The van der Waals surface area contributed by atoms with Crippen molar-refractivity contribution in [1.29, 1.82) is 0 Å². The lowest BCUT2D eigenvalue weighted by atomic mass is 9.98. The van der Waals surface area contributed by atoms with E-state index in [0.29, 0.717) is 0 Å². The Hall–Kier alpha value is -3.96. The molecule has 1 aliphatic rings. The maximum absolute atomic E-state index is 15.0. The van der Waals surface area contributed by atoms with E-state index in [1.54, 1.807) is 20.8 Å². The maximum Gasteiger partial charge on any atom is 0.410 e. The molecule has 2 heterocycles. The molecule has 8 nitrogen and oxygen atoms in total. The third-order valence-corrected chi connectivity index (χ3v) is 5.52. The second-order valence-electron chi connectivity index (χ2n) is 9.54. The summed E-state index contributed by atoms with van der Waals surface area (Å²) in [6, 6.07) is 9.08. The second-order valence-corrected chi connectivity index (χ2v) is 9.54. The summed E-state index contributed by atoms with van der Waals surface area (Å²) in [5.74, 6) is -3.52. The molecule has 1 saturated heterocycles. The summed E-state index contributed by atoms with van der Waals surface area (Å²) in [5.41, 5.74) is -0.316. The first-order valence-electron chi connectivity index (χ1n) is 11.4. The van der Waals surface area contributed by atoms with Crippen molar-refractivity contribution in [3.63, 3.8) is 0 Å². The highest BCUT2D eigenvalue weighted by atomic mass is 19.3. The van der Waals surface area contributed by atoms with Crippen molar-refractivity contribution in [3.05, 3.63) is 65.6 Å². The minimum absolute atomic E-state index is 0.0799. The largest absolute Gasteiger partial charge is 0.444 e. The third kappa shape index (κ3) is 6.07. The second kappa shape index (κ2) is 10.2. The van der Waals surface area contributed by atoms with Gasteiger partial charge >= 0.3 is 12.5 Å². The zero-order valence-corrected chi connectivity index (χ0v) is 20.3. The summed E-state index contributed by atoms with van der Waals surface area (Å²) in [4.78, 5) is 28.2. The molecule has 37 heavy (non-hydrogen) atoms. The van der Waals surface area contributed by atoms with E-state index >= 15 is 4.39 Å². The normalized spacial score (nSPS) is 14.0. The minimum atomic E-state index is -2.96. The van der Waals surface area contributed by atoms with E-state index in [2.05, 4.69) is 10.2 Å². The first kappa shape index (κ1) is 26.1. The Morgan fingerprint density at radius 1 is 1.14 bits per heavy atom. The molecule has 0 aliphatic carbocycles. The van der Waals surface area contributed by atoms with Crippen LogP contribution in [-0.2, 0) is 16.1 Å². The van der Waals surface area contributed by atoms with Gasteiger partial charge in [0.05, 0.1) is 12.5 Å². The lowest BCUT2D eigenvalue weighted by Gasteiger charge is -2.41. The van der Waals surface area contributed by atoms with Gasteiger partial charge in [-0.25, -0.2) is 13.6 Å². The van der Waals surface area contributed by atoms with Crippen LogP contribution in [0.3, 0.4) is 0 Å². The van der Waals surface area contributed by atoms with Crippen molar-refractivity contribution < 1.29 is 36.3 Å². The van der Waals surface area contributed by atoms with Crippen molar-refractivity contribution in [1.82, 2.24) is 15.1 Å². The monoisotopic (exact) mass is 520 g/mol. The fourth-order valence-corrected chi connectivity index (χ4v) is 3.69. The number of aromatic nitrogens is 2. The van der Waals surface area contributed by atoms with E-state index in [1.807, 2.05) is 0 Å². The number of hydrogen-bond donors (Lipinski definition) is 0. The number of halogens is 4. The van der Waals surface area contributed by atoms with E-state index in [0.717, 1.165) is 12.1 Å². The zero-order chi connectivity index (χ0) is 26.9. The van der Waals surface area contributed by atoms with Gasteiger partial charge < -0.3 is 19.0 Å². The molecule has 0 spiro atoms. The smallest absolute Gasteiger partial charge is 0.410 e. The van der Waals surface area contributed by atoms with Crippen molar-refractivity contribution >= 4 is 17.7 Å². The van der Waals surface area contributed by atoms with E-state index < -0.39 is 47.5 Å². The van der Waals surface area contributed by atoms with Crippen molar-refractivity contribution in [2.45, 2.75) is 39.3 Å². The molecule has 0 unspecified atom stereocenters. The molecule has 1 fully saturated rings. The summed E-state index contributed by atoms with van der Waals surface area (Å²) in [5, 5.41) is 6.72. The summed E-state index contributed by atoms with van der Waals surface area (Å²) < 4.78 is 64.6. The van der Waals surface area contributed by atoms with E-state index in [-0.39, 0.29) is 42.3 Å². The fourth-order valence-electron chi connectivity index (χ4n) is 3.69.